The first-order valence-corrected chi connectivity index (χ1v) is 9.43. The summed E-state index contributed by atoms with van der Waals surface area (Å²) in [4.78, 5) is 36.4. The van der Waals surface area contributed by atoms with Crippen LogP contribution in [-0.4, -0.2) is 29.9 Å². The van der Waals surface area contributed by atoms with Gasteiger partial charge in [-0.3, -0.25) is 5.32 Å². The van der Waals surface area contributed by atoms with E-state index in [0.717, 1.165) is 10.8 Å². The Bertz CT molecular complexity index is 755. The van der Waals surface area contributed by atoms with Crippen molar-refractivity contribution in [1.82, 2.24) is 0 Å². The molecule has 0 aliphatic carbocycles. The molecule has 0 saturated heterocycles. The van der Waals surface area contributed by atoms with Gasteiger partial charge < -0.3 is 24.7 Å². The van der Waals surface area contributed by atoms with Crippen molar-refractivity contribution >= 4 is 26.0 Å². The van der Waals surface area contributed by atoms with Crippen LogP contribution in [0.15, 0.2) is 42.5 Å². The highest BCUT2D eigenvalue weighted by molar-refractivity contribution is 7.71. The summed E-state index contributed by atoms with van der Waals surface area (Å²) in [5, 5.41) is 8.54. The summed E-state index contributed by atoms with van der Waals surface area (Å²) in [5.74, 6) is 0. The predicted molar refractivity (Wildman–Crippen MR) is 78.6 cm³/mol. The minimum atomic E-state index is -5.47. The summed E-state index contributed by atoms with van der Waals surface area (Å²) in [7, 11) is -10.9. The van der Waals surface area contributed by atoms with Gasteiger partial charge in [0.1, 0.15) is 6.54 Å². The van der Waals surface area contributed by atoms with Crippen molar-refractivity contribution in [3.05, 3.63) is 48.0 Å². The van der Waals surface area contributed by atoms with E-state index in [9.17, 15) is 14.2 Å². The lowest BCUT2D eigenvalue weighted by molar-refractivity contribution is -0.737. The Morgan fingerprint density at radius 1 is 0.909 bits per heavy atom. The minimum Gasteiger partial charge on any atom is -0.323 e. The van der Waals surface area contributed by atoms with E-state index in [1.54, 1.807) is 24.3 Å². The van der Waals surface area contributed by atoms with E-state index in [4.69, 9.17) is 19.6 Å². The monoisotopic (exact) mass is 348 g/mol. The van der Waals surface area contributed by atoms with E-state index < -0.39 is 20.4 Å². The molecule has 22 heavy (non-hydrogen) atoms. The molecule has 0 aliphatic rings. The molecule has 2 aromatic rings. The Kier molecular flexibility index (Phi) is 4.59. The molecule has 10 heteroatoms. The number of fused-ring (bicyclic) bond motifs is 1. The smallest absolute Gasteiger partial charge is 0.323 e. The van der Waals surface area contributed by atoms with E-state index in [-0.39, 0.29) is 6.54 Å². The minimum absolute atomic E-state index is 0.214. The Labute approximate surface area is 125 Å². The summed E-state index contributed by atoms with van der Waals surface area (Å²) in [6, 6.07) is 12.4. The van der Waals surface area contributed by atoms with Crippen molar-refractivity contribution in [1.29, 1.82) is 0 Å². The van der Waals surface area contributed by atoms with Gasteiger partial charge in [-0.05, 0) is 10.8 Å². The first-order valence-electron chi connectivity index (χ1n) is 6.21. The van der Waals surface area contributed by atoms with Crippen LogP contribution in [0.2, 0.25) is 0 Å². The summed E-state index contributed by atoms with van der Waals surface area (Å²) < 4.78 is 22.6. The first-order chi connectivity index (χ1) is 10.1. The number of hydrogen-bond donors (Lipinski definition) is 6. The van der Waals surface area contributed by atoms with Crippen molar-refractivity contribution < 1.29 is 39.1 Å². The van der Waals surface area contributed by atoms with Crippen LogP contribution in [-0.2, 0) is 15.7 Å². The fraction of sp³-hybridized carbons (Fsp3) is 0.167. The molecular weight excluding hydrogens is 332 g/mol. The van der Waals surface area contributed by atoms with Crippen LogP contribution < -0.4 is 5.32 Å². The average Bonchev–Trinajstić information content (AvgIpc) is 2.42. The zero-order chi connectivity index (χ0) is 16.6. The highest BCUT2D eigenvalue weighted by atomic mass is 31.2. The van der Waals surface area contributed by atoms with Gasteiger partial charge in [-0.2, -0.15) is 0 Å². The Balaban J connectivity index is 2.38. The van der Waals surface area contributed by atoms with Crippen LogP contribution in [0.5, 0.6) is 0 Å². The van der Waals surface area contributed by atoms with Gasteiger partial charge in [0.2, 0.25) is 0 Å². The second kappa shape index (κ2) is 5.85. The molecule has 120 valence electrons. The molecule has 0 saturated carbocycles. The molecule has 0 heterocycles. The van der Waals surface area contributed by atoms with Gasteiger partial charge in [-0.1, -0.05) is 42.5 Å². The zero-order valence-electron chi connectivity index (χ0n) is 11.3. The third kappa shape index (κ3) is 3.15. The van der Waals surface area contributed by atoms with Gasteiger partial charge in [0.05, 0.1) is 0 Å². The molecule has 2 aromatic carbocycles. The predicted octanol–water partition coefficient (Wildman–Crippen LogP) is -0.138. The second-order valence-corrected chi connectivity index (χ2v) is 8.71. The Hall–Kier alpha value is -1.08. The van der Waals surface area contributed by atoms with Gasteiger partial charge in [0.25, 0.3) is 0 Å². The molecule has 0 aromatic heterocycles. The molecule has 7 N–H and O–H groups in total. The van der Waals surface area contributed by atoms with E-state index in [1.165, 1.54) is 0 Å². The number of hydrogen-bond acceptors (Lipinski definition) is 3. The van der Waals surface area contributed by atoms with Crippen LogP contribution in [0.3, 0.4) is 0 Å². The fourth-order valence-corrected chi connectivity index (χ4v) is 4.14. The molecule has 0 bridgehead atoms. The SMILES string of the molecule is O=P(O)(O)C(O)([NH2+]Cc1cccc2ccccc12)P(=O)(O)O. The highest BCUT2D eigenvalue weighted by Crippen LogP contribution is 2.63. The third-order valence-electron chi connectivity index (χ3n) is 3.33. The largest absolute Gasteiger partial charge is 0.428 e. The first kappa shape index (κ1) is 17.3. The lowest BCUT2D eigenvalue weighted by Gasteiger charge is -2.26. The van der Waals surface area contributed by atoms with E-state index in [2.05, 4.69) is 0 Å². The van der Waals surface area contributed by atoms with E-state index in [0.29, 0.717) is 10.9 Å². The van der Waals surface area contributed by atoms with Gasteiger partial charge in [0, 0.05) is 5.56 Å². The van der Waals surface area contributed by atoms with Gasteiger partial charge >= 0.3 is 20.4 Å². The lowest BCUT2D eigenvalue weighted by Crippen LogP contribution is -2.95. The standard InChI is InChI=1S/C12H15NO7P2/c14-12(21(15,16)17,22(18,19)20)13-8-10-6-3-5-9-4-1-2-7-11(9)10/h1-7,13-14H,8H2,(H2,15,16,17)(H2,18,19,20)/p+1. The summed E-state index contributed by atoms with van der Waals surface area (Å²) in [6.07, 6.45) is 0. The van der Waals surface area contributed by atoms with E-state index >= 15 is 0 Å². The summed E-state index contributed by atoms with van der Waals surface area (Å²) in [6.45, 7) is -0.214. The molecule has 0 amide bonds. The van der Waals surface area contributed by atoms with Crippen LogP contribution in [0.4, 0.5) is 0 Å². The van der Waals surface area contributed by atoms with Crippen LogP contribution in [0.1, 0.15) is 5.56 Å². The number of benzene rings is 2. The zero-order valence-corrected chi connectivity index (χ0v) is 13.1. The molecule has 0 radical (unpaired) electrons. The number of quaternary nitrogens is 1. The van der Waals surface area contributed by atoms with Crippen molar-refractivity contribution in [2.75, 3.05) is 0 Å². The maximum atomic E-state index is 11.3. The molecule has 0 aliphatic heterocycles. The van der Waals surface area contributed by atoms with Crippen molar-refractivity contribution in [2.45, 2.75) is 11.8 Å². The van der Waals surface area contributed by atoms with E-state index in [1.807, 2.05) is 18.2 Å². The third-order valence-corrected chi connectivity index (χ3v) is 6.98. The van der Waals surface area contributed by atoms with Gasteiger partial charge in [-0.25, -0.2) is 9.13 Å². The Morgan fingerprint density at radius 2 is 1.45 bits per heavy atom. The number of rotatable bonds is 5. The lowest BCUT2D eigenvalue weighted by atomic mass is 10.0. The fourth-order valence-electron chi connectivity index (χ4n) is 2.12. The van der Waals surface area contributed by atoms with Crippen LogP contribution >= 0.6 is 15.2 Å². The average molecular weight is 348 g/mol. The molecule has 0 spiro atoms. The van der Waals surface area contributed by atoms with Crippen molar-refractivity contribution in [3.8, 4) is 0 Å². The molecule has 2 rings (SSSR count). The maximum Gasteiger partial charge on any atom is 0.428 e. The van der Waals surface area contributed by atoms with Crippen LogP contribution in [0.25, 0.3) is 10.8 Å². The number of nitrogens with two attached hydrogens (primary N) is 1. The van der Waals surface area contributed by atoms with Gasteiger partial charge in [-0.15, -0.1) is 0 Å². The Morgan fingerprint density at radius 3 is 2.05 bits per heavy atom. The highest BCUT2D eigenvalue weighted by Gasteiger charge is 2.64. The summed E-state index contributed by atoms with van der Waals surface area (Å²) >= 11 is 0. The molecule has 0 fully saturated rings. The summed E-state index contributed by atoms with van der Waals surface area (Å²) in [5.41, 5.74) is 0.582. The van der Waals surface area contributed by atoms with Gasteiger partial charge in [0.15, 0.2) is 0 Å². The molecule has 0 unspecified atom stereocenters. The van der Waals surface area contributed by atoms with Crippen LogP contribution in [0, 0.1) is 0 Å². The number of aliphatic hydroxyl groups is 1. The maximum absolute atomic E-state index is 11.3. The normalized spacial score (nSPS) is 13.5. The molecular formula is C12H16NO7P2+. The molecule has 8 nitrogen and oxygen atoms in total. The second-order valence-electron chi connectivity index (χ2n) is 4.82. The quantitative estimate of drug-likeness (QED) is 0.325. The molecule has 0 atom stereocenters. The van der Waals surface area contributed by atoms with Crippen molar-refractivity contribution in [3.63, 3.8) is 0 Å². The van der Waals surface area contributed by atoms with Crippen molar-refractivity contribution in [2.24, 2.45) is 0 Å². The topological polar surface area (TPSA) is 152 Å².